The van der Waals surface area contributed by atoms with Gasteiger partial charge in [-0.2, -0.15) is 0 Å². The SMILES string of the molecule is COc1ccc(OC[C@H](C)NC(=O)CCc2ccc3c(c2)OCO3)cc1. The minimum atomic E-state index is -0.0821. The second-order valence-corrected chi connectivity index (χ2v) is 6.14. The van der Waals surface area contributed by atoms with E-state index in [0.29, 0.717) is 19.4 Å². The molecule has 0 unspecified atom stereocenters. The maximum absolute atomic E-state index is 12.1. The number of aryl methyl sites for hydroxylation is 1. The number of hydrogen-bond donors (Lipinski definition) is 1. The van der Waals surface area contributed by atoms with Crippen LogP contribution in [-0.4, -0.2) is 32.5 Å². The summed E-state index contributed by atoms with van der Waals surface area (Å²) in [6.07, 6.45) is 1.06. The predicted octanol–water partition coefficient (Wildman–Crippen LogP) is 2.94. The van der Waals surface area contributed by atoms with Gasteiger partial charge in [0.15, 0.2) is 11.5 Å². The Hall–Kier alpha value is -2.89. The molecule has 1 aliphatic rings. The van der Waals surface area contributed by atoms with E-state index in [4.69, 9.17) is 18.9 Å². The number of nitrogens with one attached hydrogen (secondary N) is 1. The number of carbonyl (C=O) groups is 1. The molecule has 0 fully saturated rings. The lowest BCUT2D eigenvalue weighted by Crippen LogP contribution is -2.36. The van der Waals surface area contributed by atoms with Crippen LogP contribution in [0.4, 0.5) is 0 Å². The van der Waals surface area contributed by atoms with Gasteiger partial charge in [0.1, 0.15) is 18.1 Å². The summed E-state index contributed by atoms with van der Waals surface area (Å²) >= 11 is 0. The van der Waals surface area contributed by atoms with Crippen LogP contribution >= 0.6 is 0 Å². The van der Waals surface area contributed by atoms with Gasteiger partial charge in [0.25, 0.3) is 0 Å². The smallest absolute Gasteiger partial charge is 0.231 e. The van der Waals surface area contributed by atoms with E-state index >= 15 is 0 Å². The topological polar surface area (TPSA) is 66.0 Å². The fourth-order valence-corrected chi connectivity index (χ4v) is 2.64. The van der Waals surface area contributed by atoms with Crippen molar-refractivity contribution in [1.29, 1.82) is 0 Å². The van der Waals surface area contributed by atoms with Gasteiger partial charge in [0, 0.05) is 6.42 Å². The summed E-state index contributed by atoms with van der Waals surface area (Å²) in [6.45, 7) is 2.58. The van der Waals surface area contributed by atoms with Gasteiger partial charge in [-0.1, -0.05) is 6.07 Å². The Kier molecular flexibility index (Phi) is 5.84. The van der Waals surface area contributed by atoms with Crippen LogP contribution in [0, 0.1) is 0 Å². The molecule has 1 N–H and O–H groups in total. The number of fused-ring (bicyclic) bond motifs is 1. The molecule has 2 aromatic rings. The minimum absolute atomic E-state index is 0.00602. The Morgan fingerprint density at radius 3 is 2.62 bits per heavy atom. The fraction of sp³-hybridized carbons (Fsp3) is 0.350. The summed E-state index contributed by atoms with van der Waals surface area (Å²) in [5, 5.41) is 2.95. The van der Waals surface area contributed by atoms with Crippen LogP contribution in [0.5, 0.6) is 23.0 Å². The van der Waals surface area contributed by atoms with Crippen molar-refractivity contribution in [2.24, 2.45) is 0 Å². The molecule has 3 rings (SSSR count). The zero-order valence-corrected chi connectivity index (χ0v) is 15.0. The molecule has 1 aliphatic heterocycles. The molecule has 6 heteroatoms. The molecule has 0 saturated heterocycles. The largest absolute Gasteiger partial charge is 0.497 e. The standard InChI is InChI=1S/C20H23NO5/c1-14(12-24-17-7-5-16(23-2)6-8-17)21-20(22)10-4-15-3-9-18-19(11-15)26-13-25-18/h3,5-9,11,14H,4,10,12-13H2,1-2H3,(H,21,22)/t14-/m0/s1. The summed E-state index contributed by atoms with van der Waals surface area (Å²) in [6, 6.07) is 13.0. The number of benzene rings is 2. The molecule has 138 valence electrons. The van der Waals surface area contributed by atoms with Crippen molar-refractivity contribution >= 4 is 5.91 Å². The number of carbonyl (C=O) groups excluding carboxylic acids is 1. The van der Waals surface area contributed by atoms with Gasteiger partial charge in [-0.05, 0) is 55.3 Å². The van der Waals surface area contributed by atoms with Crippen LogP contribution in [0.3, 0.4) is 0 Å². The van der Waals surface area contributed by atoms with Gasteiger partial charge in [0.2, 0.25) is 12.7 Å². The van der Waals surface area contributed by atoms with E-state index in [1.54, 1.807) is 7.11 Å². The third-order valence-corrected chi connectivity index (χ3v) is 4.04. The van der Waals surface area contributed by atoms with Gasteiger partial charge < -0.3 is 24.3 Å². The van der Waals surface area contributed by atoms with Gasteiger partial charge in [-0.3, -0.25) is 4.79 Å². The zero-order valence-electron chi connectivity index (χ0n) is 15.0. The Labute approximate surface area is 153 Å². The van der Waals surface area contributed by atoms with Crippen molar-refractivity contribution in [1.82, 2.24) is 5.32 Å². The second kappa shape index (κ2) is 8.47. The Bertz CT molecular complexity index is 744. The van der Waals surface area contributed by atoms with Crippen LogP contribution in [0.25, 0.3) is 0 Å². The molecular formula is C20H23NO5. The highest BCUT2D eigenvalue weighted by Crippen LogP contribution is 2.32. The quantitative estimate of drug-likeness (QED) is 0.787. The molecular weight excluding hydrogens is 334 g/mol. The fourth-order valence-electron chi connectivity index (χ4n) is 2.64. The van der Waals surface area contributed by atoms with Crippen LogP contribution in [0.2, 0.25) is 0 Å². The van der Waals surface area contributed by atoms with Crippen molar-refractivity contribution in [3.05, 3.63) is 48.0 Å². The van der Waals surface area contributed by atoms with Crippen molar-refractivity contribution in [2.75, 3.05) is 20.5 Å². The highest BCUT2D eigenvalue weighted by atomic mass is 16.7. The van der Waals surface area contributed by atoms with E-state index in [9.17, 15) is 4.79 Å². The predicted molar refractivity (Wildman–Crippen MR) is 97.0 cm³/mol. The van der Waals surface area contributed by atoms with Gasteiger partial charge in [0.05, 0.1) is 13.2 Å². The molecule has 0 aliphatic carbocycles. The number of amides is 1. The molecule has 0 aromatic heterocycles. The third-order valence-electron chi connectivity index (χ3n) is 4.04. The average molecular weight is 357 g/mol. The Morgan fingerprint density at radius 1 is 1.12 bits per heavy atom. The first-order valence-corrected chi connectivity index (χ1v) is 8.59. The molecule has 1 heterocycles. The lowest BCUT2D eigenvalue weighted by atomic mass is 10.1. The van der Waals surface area contributed by atoms with Crippen LogP contribution in [0.15, 0.2) is 42.5 Å². The molecule has 0 spiro atoms. The molecule has 6 nitrogen and oxygen atoms in total. The first-order chi connectivity index (χ1) is 12.6. The average Bonchev–Trinajstić information content (AvgIpc) is 3.13. The van der Waals surface area contributed by atoms with Crippen LogP contribution < -0.4 is 24.3 Å². The molecule has 0 saturated carbocycles. The lowest BCUT2D eigenvalue weighted by molar-refractivity contribution is -0.121. The van der Waals surface area contributed by atoms with Crippen LogP contribution in [-0.2, 0) is 11.2 Å². The Morgan fingerprint density at radius 2 is 1.85 bits per heavy atom. The Balaban J connectivity index is 1.39. The molecule has 1 amide bonds. The number of ether oxygens (including phenoxy) is 4. The van der Waals surface area contributed by atoms with Crippen molar-refractivity contribution in [2.45, 2.75) is 25.8 Å². The van der Waals surface area contributed by atoms with E-state index in [1.807, 2.05) is 49.4 Å². The number of hydrogen-bond acceptors (Lipinski definition) is 5. The van der Waals surface area contributed by atoms with Crippen molar-refractivity contribution in [3.8, 4) is 23.0 Å². The number of rotatable bonds is 8. The van der Waals surface area contributed by atoms with E-state index in [0.717, 1.165) is 28.6 Å². The zero-order chi connectivity index (χ0) is 18.4. The maximum Gasteiger partial charge on any atom is 0.231 e. The third kappa shape index (κ3) is 4.81. The molecule has 1 atom stereocenters. The van der Waals surface area contributed by atoms with Crippen molar-refractivity contribution in [3.63, 3.8) is 0 Å². The normalized spacial score (nSPS) is 13.2. The summed E-state index contributed by atoms with van der Waals surface area (Å²) in [7, 11) is 1.62. The van der Waals surface area contributed by atoms with E-state index in [1.165, 1.54) is 0 Å². The first-order valence-electron chi connectivity index (χ1n) is 8.59. The summed E-state index contributed by atoms with van der Waals surface area (Å²) in [5.41, 5.74) is 1.05. The summed E-state index contributed by atoms with van der Waals surface area (Å²) in [5.74, 6) is 3.01. The second-order valence-electron chi connectivity index (χ2n) is 6.14. The van der Waals surface area contributed by atoms with E-state index < -0.39 is 0 Å². The van der Waals surface area contributed by atoms with Crippen LogP contribution in [0.1, 0.15) is 18.9 Å². The highest BCUT2D eigenvalue weighted by Gasteiger charge is 2.14. The molecule has 0 bridgehead atoms. The van der Waals surface area contributed by atoms with E-state index in [2.05, 4.69) is 5.32 Å². The van der Waals surface area contributed by atoms with E-state index in [-0.39, 0.29) is 18.7 Å². The minimum Gasteiger partial charge on any atom is -0.497 e. The molecule has 0 radical (unpaired) electrons. The van der Waals surface area contributed by atoms with Gasteiger partial charge in [-0.25, -0.2) is 0 Å². The van der Waals surface area contributed by atoms with Gasteiger partial charge in [-0.15, -0.1) is 0 Å². The molecule has 26 heavy (non-hydrogen) atoms. The first kappa shape index (κ1) is 17.9. The summed E-state index contributed by atoms with van der Waals surface area (Å²) < 4.78 is 21.4. The van der Waals surface area contributed by atoms with Crippen molar-refractivity contribution < 1.29 is 23.7 Å². The number of methoxy groups -OCH3 is 1. The summed E-state index contributed by atoms with van der Waals surface area (Å²) in [4.78, 5) is 12.1. The van der Waals surface area contributed by atoms with Gasteiger partial charge >= 0.3 is 0 Å². The molecule has 2 aromatic carbocycles. The lowest BCUT2D eigenvalue weighted by Gasteiger charge is -2.15. The maximum atomic E-state index is 12.1. The monoisotopic (exact) mass is 357 g/mol. The highest BCUT2D eigenvalue weighted by molar-refractivity contribution is 5.76.